The number of furan rings is 1. The molecule has 0 aliphatic carbocycles. The highest BCUT2D eigenvalue weighted by atomic mass is 16.5. The summed E-state index contributed by atoms with van der Waals surface area (Å²) in [6.07, 6.45) is 4.99. The van der Waals surface area contributed by atoms with Crippen LogP contribution < -0.4 is 5.32 Å². The van der Waals surface area contributed by atoms with Gasteiger partial charge in [-0.3, -0.25) is 9.59 Å². The van der Waals surface area contributed by atoms with Crippen molar-refractivity contribution in [2.24, 2.45) is 4.99 Å². The molecule has 1 N–H and O–H groups in total. The fourth-order valence-corrected chi connectivity index (χ4v) is 3.40. The van der Waals surface area contributed by atoms with Gasteiger partial charge in [0.1, 0.15) is 6.54 Å². The third kappa shape index (κ3) is 5.96. The van der Waals surface area contributed by atoms with E-state index in [1.165, 1.54) is 17.6 Å². The number of carbonyl (C=O) groups excluding carboxylic acids is 2. The Morgan fingerprint density at radius 1 is 1.21 bits per heavy atom. The minimum absolute atomic E-state index is 0.0511. The van der Waals surface area contributed by atoms with Gasteiger partial charge in [0.15, 0.2) is 11.7 Å². The van der Waals surface area contributed by atoms with E-state index in [9.17, 15) is 9.59 Å². The number of aliphatic imine (C=N–C) groups is 1. The molecule has 0 saturated carbocycles. The summed E-state index contributed by atoms with van der Waals surface area (Å²) in [6.45, 7) is 3.97. The van der Waals surface area contributed by atoms with Crippen molar-refractivity contribution in [2.75, 3.05) is 60.0 Å². The van der Waals surface area contributed by atoms with Gasteiger partial charge in [0.05, 0.1) is 12.4 Å². The van der Waals surface area contributed by atoms with Crippen molar-refractivity contribution in [3.8, 4) is 0 Å². The van der Waals surface area contributed by atoms with Gasteiger partial charge in [-0.25, -0.2) is 4.99 Å². The van der Waals surface area contributed by atoms with Gasteiger partial charge in [0.2, 0.25) is 5.91 Å². The SMILES string of the molecule is CN(C)C(=O)CN=C(NCC1CCCCO1)N1CCN(C(=O)c2ccco2)CC1. The fraction of sp³-hybridized carbons (Fsp3) is 0.650. The molecule has 1 unspecified atom stereocenters. The van der Waals surface area contributed by atoms with E-state index in [1.807, 2.05) is 0 Å². The average molecular weight is 405 g/mol. The summed E-state index contributed by atoms with van der Waals surface area (Å²) in [4.78, 5) is 34.4. The van der Waals surface area contributed by atoms with Gasteiger partial charge < -0.3 is 29.2 Å². The van der Waals surface area contributed by atoms with Crippen LogP contribution in [0.2, 0.25) is 0 Å². The Labute approximate surface area is 171 Å². The summed E-state index contributed by atoms with van der Waals surface area (Å²) < 4.78 is 11.0. The molecule has 2 fully saturated rings. The van der Waals surface area contributed by atoms with Crippen LogP contribution in [0.3, 0.4) is 0 Å². The predicted octanol–water partition coefficient (Wildman–Crippen LogP) is 0.640. The molecule has 0 radical (unpaired) electrons. The number of hydrogen-bond acceptors (Lipinski definition) is 5. The number of rotatable bonds is 5. The second kappa shape index (κ2) is 10.3. The molecule has 2 amide bonds. The molecule has 0 bridgehead atoms. The summed E-state index contributed by atoms with van der Waals surface area (Å²) in [5.41, 5.74) is 0. The van der Waals surface area contributed by atoms with Gasteiger partial charge in [-0.2, -0.15) is 0 Å². The maximum absolute atomic E-state index is 12.5. The molecule has 1 atom stereocenters. The number of hydrogen-bond donors (Lipinski definition) is 1. The number of likely N-dealkylation sites (N-methyl/N-ethyl adjacent to an activating group) is 1. The van der Waals surface area contributed by atoms with E-state index in [0.29, 0.717) is 44.4 Å². The van der Waals surface area contributed by atoms with Crippen LogP contribution in [-0.4, -0.2) is 98.5 Å². The lowest BCUT2D eigenvalue weighted by molar-refractivity contribution is -0.127. The number of carbonyl (C=O) groups is 2. The Kier molecular flexibility index (Phi) is 7.51. The van der Waals surface area contributed by atoms with Crippen molar-refractivity contribution in [3.63, 3.8) is 0 Å². The van der Waals surface area contributed by atoms with Crippen molar-refractivity contribution in [1.82, 2.24) is 20.0 Å². The van der Waals surface area contributed by atoms with E-state index < -0.39 is 0 Å². The molecular weight excluding hydrogens is 374 g/mol. The minimum atomic E-state index is -0.0977. The molecule has 3 heterocycles. The summed E-state index contributed by atoms with van der Waals surface area (Å²) >= 11 is 0. The Morgan fingerprint density at radius 2 is 1.97 bits per heavy atom. The number of ether oxygens (including phenoxy) is 1. The van der Waals surface area contributed by atoms with Gasteiger partial charge in [0.25, 0.3) is 5.91 Å². The summed E-state index contributed by atoms with van der Waals surface area (Å²) in [5.74, 6) is 0.903. The zero-order valence-electron chi connectivity index (χ0n) is 17.3. The highest BCUT2D eigenvalue weighted by Gasteiger charge is 2.26. The van der Waals surface area contributed by atoms with Crippen LogP contribution in [0.4, 0.5) is 0 Å². The topological polar surface area (TPSA) is 90.6 Å². The highest BCUT2D eigenvalue weighted by molar-refractivity contribution is 5.91. The Balaban J connectivity index is 1.58. The summed E-state index contributed by atoms with van der Waals surface area (Å²) in [6, 6.07) is 3.40. The molecule has 29 heavy (non-hydrogen) atoms. The number of amides is 2. The van der Waals surface area contributed by atoms with E-state index in [-0.39, 0.29) is 24.5 Å². The van der Waals surface area contributed by atoms with E-state index in [2.05, 4.69) is 15.2 Å². The molecule has 160 valence electrons. The van der Waals surface area contributed by atoms with Crippen LogP contribution in [0.15, 0.2) is 27.8 Å². The molecule has 3 rings (SSSR count). The fourth-order valence-electron chi connectivity index (χ4n) is 3.40. The number of nitrogens with one attached hydrogen (secondary N) is 1. The zero-order valence-corrected chi connectivity index (χ0v) is 17.3. The summed E-state index contributed by atoms with van der Waals surface area (Å²) in [5, 5.41) is 3.38. The van der Waals surface area contributed by atoms with Crippen molar-refractivity contribution in [2.45, 2.75) is 25.4 Å². The van der Waals surface area contributed by atoms with Crippen molar-refractivity contribution >= 4 is 17.8 Å². The van der Waals surface area contributed by atoms with E-state index in [1.54, 1.807) is 31.1 Å². The smallest absolute Gasteiger partial charge is 0.289 e. The first-order valence-corrected chi connectivity index (χ1v) is 10.2. The van der Waals surface area contributed by atoms with Crippen molar-refractivity contribution < 1.29 is 18.7 Å². The molecule has 2 aliphatic heterocycles. The molecule has 2 saturated heterocycles. The molecule has 0 aromatic carbocycles. The van der Waals surface area contributed by atoms with Gasteiger partial charge in [-0.15, -0.1) is 0 Å². The van der Waals surface area contributed by atoms with E-state index in [4.69, 9.17) is 9.15 Å². The Bertz CT molecular complexity index is 690. The van der Waals surface area contributed by atoms with Crippen LogP contribution in [0, 0.1) is 0 Å². The molecule has 9 nitrogen and oxygen atoms in total. The number of guanidine groups is 1. The molecule has 1 aromatic rings. The molecule has 9 heteroatoms. The second-order valence-corrected chi connectivity index (χ2v) is 7.55. The number of piperazine rings is 1. The first-order chi connectivity index (χ1) is 14.0. The number of nitrogens with zero attached hydrogens (tertiary/aromatic N) is 4. The largest absolute Gasteiger partial charge is 0.459 e. The third-order valence-corrected chi connectivity index (χ3v) is 5.22. The highest BCUT2D eigenvalue weighted by Crippen LogP contribution is 2.13. The first-order valence-electron chi connectivity index (χ1n) is 10.2. The first kappa shape index (κ1) is 21.2. The lowest BCUT2D eigenvalue weighted by atomic mass is 10.1. The van der Waals surface area contributed by atoms with Gasteiger partial charge >= 0.3 is 0 Å². The van der Waals surface area contributed by atoms with E-state index >= 15 is 0 Å². The molecular formula is C20H31N5O4. The van der Waals surface area contributed by atoms with Crippen molar-refractivity contribution in [3.05, 3.63) is 24.2 Å². The standard InChI is InChI=1S/C20H31N5O4/c1-23(2)18(26)15-22-20(21-14-16-6-3-4-12-28-16)25-10-8-24(9-11-25)19(27)17-7-5-13-29-17/h5,7,13,16H,3-4,6,8-12,14-15H2,1-2H3,(H,21,22). The maximum Gasteiger partial charge on any atom is 0.289 e. The normalized spacial score (nSPS) is 20.5. The lowest BCUT2D eigenvalue weighted by Crippen LogP contribution is -2.54. The lowest BCUT2D eigenvalue weighted by Gasteiger charge is -2.36. The monoisotopic (exact) mass is 405 g/mol. The zero-order chi connectivity index (χ0) is 20.6. The average Bonchev–Trinajstić information content (AvgIpc) is 3.29. The predicted molar refractivity (Wildman–Crippen MR) is 109 cm³/mol. The second-order valence-electron chi connectivity index (χ2n) is 7.55. The van der Waals surface area contributed by atoms with Crippen LogP contribution >= 0.6 is 0 Å². The van der Waals surface area contributed by atoms with E-state index in [0.717, 1.165) is 19.4 Å². The van der Waals surface area contributed by atoms with Crippen LogP contribution in [0.25, 0.3) is 0 Å². The van der Waals surface area contributed by atoms with Gasteiger partial charge in [0, 0.05) is 53.4 Å². The minimum Gasteiger partial charge on any atom is -0.459 e. The van der Waals surface area contributed by atoms with Crippen LogP contribution in [0.5, 0.6) is 0 Å². The van der Waals surface area contributed by atoms with Crippen LogP contribution in [-0.2, 0) is 9.53 Å². The van der Waals surface area contributed by atoms with Crippen molar-refractivity contribution in [1.29, 1.82) is 0 Å². The molecule has 0 spiro atoms. The van der Waals surface area contributed by atoms with Crippen LogP contribution in [0.1, 0.15) is 29.8 Å². The Morgan fingerprint density at radius 3 is 2.59 bits per heavy atom. The third-order valence-electron chi connectivity index (χ3n) is 5.22. The Hall–Kier alpha value is -2.55. The molecule has 1 aromatic heterocycles. The maximum atomic E-state index is 12.5. The van der Waals surface area contributed by atoms with Gasteiger partial charge in [-0.1, -0.05) is 0 Å². The van der Waals surface area contributed by atoms with Gasteiger partial charge in [-0.05, 0) is 31.4 Å². The quantitative estimate of drug-likeness (QED) is 0.571. The summed E-state index contributed by atoms with van der Waals surface area (Å²) in [7, 11) is 3.44. The molecule has 2 aliphatic rings.